The van der Waals surface area contributed by atoms with Gasteiger partial charge >= 0.3 is 0 Å². The first-order chi connectivity index (χ1) is 10.1. The van der Waals surface area contributed by atoms with Gasteiger partial charge in [0.05, 0.1) is 4.88 Å². The first-order valence-electron chi connectivity index (χ1n) is 6.60. The maximum Gasteiger partial charge on any atom is 0.261 e. The van der Waals surface area contributed by atoms with Crippen LogP contribution in [0.3, 0.4) is 0 Å². The van der Waals surface area contributed by atoms with Crippen LogP contribution < -0.4 is 11.1 Å². The quantitative estimate of drug-likeness (QED) is 0.730. The lowest BCUT2D eigenvalue weighted by atomic mass is 10.1. The molecule has 0 unspecified atom stereocenters. The molecular formula is C16H15N3OS. The van der Waals surface area contributed by atoms with Crippen molar-refractivity contribution >= 4 is 33.0 Å². The van der Waals surface area contributed by atoms with Crippen molar-refractivity contribution in [1.82, 2.24) is 10.3 Å². The van der Waals surface area contributed by atoms with Crippen molar-refractivity contribution in [2.45, 2.75) is 13.5 Å². The molecule has 106 valence electrons. The summed E-state index contributed by atoms with van der Waals surface area (Å²) in [4.78, 5) is 17.0. The summed E-state index contributed by atoms with van der Waals surface area (Å²) in [7, 11) is 0. The highest BCUT2D eigenvalue weighted by Gasteiger charge is 2.10. The van der Waals surface area contributed by atoms with Crippen molar-refractivity contribution in [2.75, 3.05) is 5.73 Å². The van der Waals surface area contributed by atoms with Gasteiger partial charge < -0.3 is 11.1 Å². The summed E-state index contributed by atoms with van der Waals surface area (Å²) >= 11 is 1.47. The van der Waals surface area contributed by atoms with Gasteiger partial charge in [-0.2, -0.15) is 0 Å². The zero-order valence-corrected chi connectivity index (χ0v) is 12.4. The minimum Gasteiger partial charge on any atom is -0.399 e. The van der Waals surface area contributed by atoms with Crippen LogP contribution in [0, 0.1) is 6.92 Å². The number of rotatable bonds is 3. The largest absolute Gasteiger partial charge is 0.399 e. The molecule has 5 heteroatoms. The average molecular weight is 297 g/mol. The Balaban J connectivity index is 1.76. The van der Waals surface area contributed by atoms with E-state index in [-0.39, 0.29) is 5.91 Å². The van der Waals surface area contributed by atoms with Crippen LogP contribution in [0.1, 0.15) is 20.8 Å². The predicted molar refractivity (Wildman–Crippen MR) is 86.4 cm³/mol. The van der Waals surface area contributed by atoms with E-state index in [9.17, 15) is 4.79 Å². The highest BCUT2D eigenvalue weighted by atomic mass is 32.1. The second-order valence-corrected chi connectivity index (χ2v) is 5.98. The summed E-state index contributed by atoms with van der Waals surface area (Å²) < 4.78 is 1.06. The summed E-state index contributed by atoms with van der Waals surface area (Å²) in [6.07, 6.45) is 3.53. The third-order valence-corrected chi connectivity index (χ3v) is 4.45. The number of aromatic nitrogens is 1. The lowest BCUT2D eigenvalue weighted by molar-refractivity contribution is 0.0955. The summed E-state index contributed by atoms with van der Waals surface area (Å²) in [5, 5.41) is 3.95. The average Bonchev–Trinajstić information content (AvgIpc) is 2.89. The third-order valence-electron chi connectivity index (χ3n) is 3.34. The topological polar surface area (TPSA) is 68.0 Å². The van der Waals surface area contributed by atoms with E-state index in [1.54, 1.807) is 12.4 Å². The Morgan fingerprint density at radius 3 is 3.00 bits per heavy atom. The molecule has 4 nitrogen and oxygen atoms in total. The van der Waals surface area contributed by atoms with Gasteiger partial charge in [-0.15, -0.1) is 11.3 Å². The highest BCUT2D eigenvalue weighted by Crippen LogP contribution is 2.27. The molecule has 0 fully saturated rings. The molecule has 0 atom stereocenters. The minimum atomic E-state index is -0.0639. The van der Waals surface area contributed by atoms with Crippen molar-refractivity contribution in [3.05, 3.63) is 58.7 Å². The second kappa shape index (κ2) is 5.54. The van der Waals surface area contributed by atoms with E-state index >= 15 is 0 Å². The van der Waals surface area contributed by atoms with Crippen molar-refractivity contribution in [3.8, 4) is 0 Å². The number of aryl methyl sites for hydroxylation is 1. The molecule has 3 rings (SSSR count). The molecule has 3 aromatic rings. The number of hydrogen-bond donors (Lipinski definition) is 2. The SMILES string of the molecule is Cc1cnccc1CNC(=O)c1cc2cc(N)ccc2s1. The van der Waals surface area contributed by atoms with Gasteiger partial charge in [-0.3, -0.25) is 9.78 Å². The van der Waals surface area contributed by atoms with Crippen molar-refractivity contribution in [2.24, 2.45) is 0 Å². The number of benzene rings is 1. The predicted octanol–water partition coefficient (Wildman–Crippen LogP) is 3.12. The molecule has 0 spiro atoms. The van der Waals surface area contributed by atoms with E-state index in [2.05, 4.69) is 10.3 Å². The number of nitrogens with two attached hydrogens (primary N) is 1. The molecule has 21 heavy (non-hydrogen) atoms. The Labute approximate surface area is 126 Å². The normalized spacial score (nSPS) is 10.7. The Hall–Kier alpha value is -2.40. The van der Waals surface area contributed by atoms with Crippen LogP contribution in [0.4, 0.5) is 5.69 Å². The van der Waals surface area contributed by atoms with E-state index in [4.69, 9.17) is 5.73 Å². The molecule has 0 aliphatic carbocycles. The Morgan fingerprint density at radius 1 is 1.33 bits per heavy atom. The molecule has 0 radical (unpaired) electrons. The fraction of sp³-hybridized carbons (Fsp3) is 0.125. The highest BCUT2D eigenvalue weighted by molar-refractivity contribution is 7.20. The van der Waals surface area contributed by atoms with E-state index in [1.165, 1.54) is 11.3 Å². The fourth-order valence-electron chi connectivity index (χ4n) is 2.14. The van der Waals surface area contributed by atoms with Gasteiger partial charge in [0.25, 0.3) is 5.91 Å². The molecule has 3 N–H and O–H groups in total. The van der Waals surface area contributed by atoms with Crippen LogP contribution in [0.15, 0.2) is 42.7 Å². The minimum absolute atomic E-state index is 0.0639. The second-order valence-electron chi connectivity index (χ2n) is 4.89. The van der Waals surface area contributed by atoms with Gasteiger partial charge in [0.1, 0.15) is 0 Å². The smallest absolute Gasteiger partial charge is 0.261 e. The zero-order valence-electron chi connectivity index (χ0n) is 11.6. The standard InChI is InChI=1S/C16H15N3OS/c1-10-8-18-5-4-11(10)9-19-16(20)15-7-12-6-13(17)2-3-14(12)21-15/h2-8H,9,17H2,1H3,(H,19,20). The number of fused-ring (bicyclic) bond motifs is 1. The van der Waals surface area contributed by atoms with Crippen LogP contribution in [-0.4, -0.2) is 10.9 Å². The number of nitrogens with one attached hydrogen (secondary N) is 1. The van der Waals surface area contributed by atoms with E-state index in [1.807, 2.05) is 37.3 Å². The Bertz CT molecular complexity index is 810. The van der Waals surface area contributed by atoms with Crippen LogP contribution in [0.2, 0.25) is 0 Å². The molecule has 0 saturated carbocycles. The molecule has 1 aromatic carbocycles. The van der Waals surface area contributed by atoms with Gasteiger partial charge in [0.2, 0.25) is 0 Å². The van der Waals surface area contributed by atoms with E-state index in [0.717, 1.165) is 21.2 Å². The number of hydrogen-bond acceptors (Lipinski definition) is 4. The Kier molecular flexibility index (Phi) is 3.58. The van der Waals surface area contributed by atoms with Gasteiger partial charge in [0.15, 0.2) is 0 Å². The molecular weight excluding hydrogens is 282 g/mol. The number of amides is 1. The molecule has 0 bridgehead atoms. The monoisotopic (exact) mass is 297 g/mol. The number of nitrogens with zero attached hydrogens (tertiary/aromatic N) is 1. The summed E-state index contributed by atoms with van der Waals surface area (Å²) in [6.45, 7) is 2.49. The lowest BCUT2D eigenvalue weighted by Gasteiger charge is -2.06. The van der Waals surface area contributed by atoms with Crippen LogP contribution in [-0.2, 0) is 6.54 Å². The van der Waals surface area contributed by atoms with E-state index in [0.29, 0.717) is 17.1 Å². The number of anilines is 1. The first-order valence-corrected chi connectivity index (χ1v) is 7.42. The third kappa shape index (κ3) is 2.87. The van der Waals surface area contributed by atoms with Crippen molar-refractivity contribution in [1.29, 1.82) is 0 Å². The number of pyridine rings is 1. The molecule has 0 saturated heterocycles. The summed E-state index contributed by atoms with van der Waals surface area (Å²) in [5.74, 6) is -0.0639. The number of carbonyl (C=O) groups excluding carboxylic acids is 1. The Morgan fingerprint density at radius 2 is 2.19 bits per heavy atom. The van der Waals surface area contributed by atoms with E-state index < -0.39 is 0 Å². The van der Waals surface area contributed by atoms with Gasteiger partial charge in [-0.1, -0.05) is 0 Å². The summed E-state index contributed by atoms with van der Waals surface area (Å²) in [5.41, 5.74) is 8.61. The van der Waals surface area contributed by atoms with Crippen molar-refractivity contribution < 1.29 is 4.79 Å². The molecule has 0 aliphatic rings. The molecule has 0 aliphatic heterocycles. The lowest BCUT2D eigenvalue weighted by Crippen LogP contribution is -2.22. The van der Waals surface area contributed by atoms with Crippen LogP contribution in [0.25, 0.3) is 10.1 Å². The number of carbonyl (C=O) groups is 1. The molecule has 2 heterocycles. The molecule has 1 amide bonds. The number of thiophene rings is 1. The summed E-state index contributed by atoms with van der Waals surface area (Å²) in [6, 6.07) is 9.47. The van der Waals surface area contributed by atoms with Gasteiger partial charge in [-0.05, 0) is 53.8 Å². The van der Waals surface area contributed by atoms with Crippen molar-refractivity contribution in [3.63, 3.8) is 0 Å². The van der Waals surface area contributed by atoms with Gasteiger partial charge in [-0.25, -0.2) is 0 Å². The molecule has 2 aromatic heterocycles. The number of nitrogen functional groups attached to an aromatic ring is 1. The zero-order chi connectivity index (χ0) is 14.8. The van der Waals surface area contributed by atoms with Crippen LogP contribution in [0.5, 0.6) is 0 Å². The maximum atomic E-state index is 12.2. The van der Waals surface area contributed by atoms with Crippen LogP contribution >= 0.6 is 11.3 Å². The fourth-order valence-corrected chi connectivity index (χ4v) is 3.10. The maximum absolute atomic E-state index is 12.2. The van der Waals surface area contributed by atoms with Gasteiger partial charge in [0, 0.05) is 29.3 Å². The first kappa shape index (κ1) is 13.6.